The number of piperazine rings is 1. The summed E-state index contributed by atoms with van der Waals surface area (Å²) in [7, 11) is 0. The monoisotopic (exact) mass is 433 g/mol. The van der Waals surface area contributed by atoms with Crippen LogP contribution in [-0.2, 0) is 11.2 Å². The maximum absolute atomic E-state index is 15.3. The van der Waals surface area contributed by atoms with Gasteiger partial charge in [0.25, 0.3) is 0 Å². The number of anilines is 2. The summed E-state index contributed by atoms with van der Waals surface area (Å²) in [6.45, 7) is 1.99. The van der Waals surface area contributed by atoms with Gasteiger partial charge in [0.1, 0.15) is 17.2 Å². The molecule has 3 aromatic rings. The van der Waals surface area contributed by atoms with Crippen LogP contribution in [-0.4, -0.2) is 36.8 Å². The topological polar surface area (TPSA) is 69.0 Å². The van der Waals surface area contributed by atoms with E-state index in [-0.39, 0.29) is 18.3 Å². The second kappa shape index (κ2) is 7.38. The van der Waals surface area contributed by atoms with Crippen molar-refractivity contribution in [3.63, 3.8) is 0 Å². The zero-order chi connectivity index (χ0) is 21.8. The van der Waals surface area contributed by atoms with E-state index in [1.54, 1.807) is 6.20 Å². The van der Waals surface area contributed by atoms with Gasteiger partial charge in [0.15, 0.2) is 0 Å². The van der Waals surface area contributed by atoms with Crippen LogP contribution < -0.4 is 15.1 Å². The third-order valence-electron chi connectivity index (χ3n) is 6.62. The van der Waals surface area contributed by atoms with E-state index in [0.717, 1.165) is 40.8 Å². The van der Waals surface area contributed by atoms with Gasteiger partial charge in [0, 0.05) is 49.4 Å². The van der Waals surface area contributed by atoms with Crippen molar-refractivity contribution in [1.82, 2.24) is 5.32 Å². The number of carbonyl (C=O) groups is 1. The summed E-state index contributed by atoms with van der Waals surface area (Å²) in [5, 5.41) is 14.0. The Balaban J connectivity index is 1.32. The van der Waals surface area contributed by atoms with Crippen LogP contribution in [0, 0.1) is 5.82 Å². The summed E-state index contributed by atoms with van der Waals surface area (Å²) in [6, 6.07) is 13.7. The smallest absolute Gasteiger partial charge is 0.333 e. The second-order valence-corrected chi connectivity index (χ2v) is 8.85. The molecule has 1 aromatic heterocycles. The average Bonchev–Trinajstić information content (AvgIpc) is 3.55. The van der Waals surface area contributed by atoms with E-state index in [1.807, 2.05) is 41.3 Å². The average molecular weight is 433 g/mol. The molecule has 2 aliphatic heterocycles. The zero-order valence-electron chi connectivity index (χ0n) is 17.6. The lowest BCUT2D eigenvalue weighted by Crippen LogP contribution is -2.46. The van der Waals surface area contributed by atoms with Gasteiger partial charge in [-0.15, -0.1) is 0 Å². The molecule has 1 aliphatic carbocycles. The van der Waals surface area contributed by atoms with E-state index in [2.05, 4.69) is 10.2 Å². The first-order chi connectivity index (χ1) is 15.6. The molecule has 1 saturated heterocycles. The predicted molar refractivity (Wildman–Crippen MR) is 120 cm³/mol. The number of furan rings is 1. The maximum Gasteiger partial charge on any atom is 0.333 e. The highest BCUT2D eigenvalue weighted by Gasteiger charge is 2.34. The molecule has 3 heterocycles. The van der Waals surface area contributed by atoms with Crippen LogP contribution in [0.5, 0.6) is 0 Å². The lowest BCUT2D eigenvalue weighted by Gasteiger charge is -2.36. The van der Waals surface area contributed by atoms with Crippen molar-refractivity contribution in [3.8, 4) is 0 Å². The molecule has 7 heteroatoms. The molecule has 6 nitrogen and oxygen atoms in total. The van der Waals surface area contributed by atoms with Crippen molar-refractivity contribution in [2.24, 2.45) is 0 Å². The number of carboxylic acid groups (broad SMARTS) is 1. The Morgan fingerprint density at radius 1 is 1.16 bits per heavy atom. The number of nitrogens with one attached hydrogen (secondary N) is 1. The first kappa shape index (κ1) is 19.4. The number of hydrogen-bond acceptors (Lipinski definition) is 5. The Morgan fingerprint density at radius 3 is 2.78 bits per heavy atom. The number of para-hydroxylation sites is 1. The molecule has 164 valence electrons. The Kier molecular flexibility index (Phi) is 4.47. The zero-order valence-corrected chi connectivity index (χ0v) is 17.6. The molecule has 0 radical (unpaired) electrons. The van der Waals surface area contributed by atoms with Gasteiger partial charge in [-0.05, 0) is 42.7 Å². The second-order valence-electron chi connectivity index (χ2n) is 8.85. The minimum atomic E-state index is -0.943. The predicted octanol–water partition coefficient (Wildman–Crippen LogP) is 4.22. The highest BCUT2D eigenvalue weighted by atomic mass is 19.1. The quantitative estimate of drug-likeness (QED) is 0.642. The fourth-order valence-electron chi connectivity index (χ4n) is 4.82. The van der Waals surface area contributed by atoms with Gasteiger partial charge < -0.3 is 24.6 Å². The lowest BCUT2D eigenvalue weighted by molar-refractivity contribution is -0.132. The first-order valence-electron chi connectivity index (χ1n) is 11.1. The molecule has 6 rings (SSSR count). The van der Waals surface area contributed by atoms with E-state index < -0.39 is 5.97 Å². The van der Waals surface area contributed by atoms with E-state index in [4.69, 9.17) is 4.42 Å². The van der Waals surface area contributed by atoms with E-state index in [0.29, 0.717) is 36.9 Å². The third kappa shape index (κ3) is 3.33. The normalized spacial score (nSPS) is 20.9. The molecule has 0 bridgehead atoms. The Morgan fingerprint density at radius 2 is 2.00 bits per heavy atom. The van der Waals surface area contributed by atoms with Gasteiger partial charge in [-0.2, -0.15) is 0 Å². The summed E-state index contributed by atoms with van der Waals surface area (Å²) in [5.74, 6) is -0.402. The van der Waals surface area contributed by atoms with Crippen LogP contribution in [0.15, 0.2) is 58.7 Å². The summed E-state index contributed by atoms with van der Waals surface area (Å²) < 4.78 is 21.3. The Hall–Kier alpha value is -3.32. The summed E-state index contributed by atoms with van der Waals surface area (Å²) >= 11 is 0. The van der Waals surface area contributed by atoms with Gasteiger partial charge in [-0.3, -0.25) is 0 Å². The largest absolute Gasteiger partial charge is 0.478 e. The van der Waals surface area contributed by atoms with Crippen molar-refractivity contribution in [1.29, 1.82) is 0 Å². The maximum atomic E-state index is 15.3. The number of aliphatic carboxylic acids is 1. The highest BCUT2D eigenvalue weighted by molar-refractivity contribution is 5.90. The number of rotatable bonds is 4. The standard InChI is InChI=1S/C25H24FN3O3/c26-19-10-16-9-17(25(30)31)13-29(18-5-6-18)21(16)12-22(19)28-8-7-27-20(14-28)24-11-15-3-1-2-4-23(15)32-24/h1-4,10-13,18,20,27H,5-9,14H2,(H,30,31). The minimum Gasteiger partial charge on any atom is -0.478 e. The van der Waals surface area contributed by atoms with Crippen LogP contribution in [0.1, 0.15) is 30.2 Å². The number of nitrogens with zero attached hydrogens (tertiary/aromatic N) is 2. The van der Waals surface area contributed by atoms with E-state index in [9.17, 15) is 9.90 Å². The molecule has 3 aliphatic rings. The molecule has 2 fully saturated rings. The number of carboxylic acids is 1. The summed E-state index contributed by atoms with van der Waals surface area (Å²) in [4.78, 5) is 15.7. The van der Waals surface area contributed by atoms with E-state index in [1.165, 1.54) is 6.07 Å². The number of halogens is 1. The Bertz CT molecular complexity index is 1210. The fraction of sp³-hybridized carbons (Fsp3) is 0.320. The van der Waals surface area contributed by atoms with Crippen LogP contribution >= 0.6 is 0 Å². The molecule has 0 spiro atoms. The molecule has 32 heavy (non-hydrogen) atoms. The van der Waals surface area contributed by atoms with E-state index >= 15 is 4.39 Å². The van der Waals surface area contributed by atoms with Crippen molar-refractivity contribution < 1.29 is 18.7 Å². The molecule has 2 N–H and O–H groups in total. The summed E-state index contributed by atoms with van der Waals surface area (Å²) in [5.41, 5.74) is 3.38. The minimum absolute atomic E-state index is 0.0374. The number of fused-ring (bicyclic) bond motifs is 2. The fourth-order valence-corrected chi connectivity index (χ4v) is 4.82. The Labute approximate surface area is 184 Å². The van der Waals surface area contributed by atoms with Crippen LogP contribution in [0.4, 0.5) is 15.8 Å². The van der Waals surface area contributed by atoms with Gasteiger partial charge >= 0.3 is 5.97 Å². The van der Waals surface area contributed by atoms with Gasteiger partial charge in [-0.25, -0.2) is 9.18 Å². The third-order valence-corrected chi connectivity index (χ3v) is 6.62. The van der Waals surface area contributed by atoms with Crippen LogP contribution in [0.3, 0.4) is 0 Å². The SMILES string of the molecule is O=C(O)C1=CN(C2CC2)c2cc(N3CCNC(c4cc5ccccc5o4)C3)c(F)cc2C1. The molecule has 0 amide bonds. The van der Waals surface area contributed by atoms with Gasteiger partial charge in [0.05, 0.1) is 17.3 Å². The number of benzene rings is 2. The van der Waals surface area contributed by atoms with Crippen molar-refractivity contribution in [2.75, 3.05) is 29.4 Å². The first-order valence-corrected chi connectivity index (χ1v) is 11.1. The molecular weight excluding hydrogens is 409 g/mol. The molecule has 2 aromatic carbocycles. The highest BCUT2D eigenvalue weighted by Crippen LogP contribution is 2.41. The number of hydrogen-bond donors (Lipinski definition) is 2. The molecular formula is C25H24FN3O3. The molecule has 1 unspecified atom stereocenters. The van der Waals surface area contributed by atoms with Crippen LogP contribution in [0.25, 0.3) is 11.0 Å². The summed E-state index contributed by atoms with van der Waals surface area (Å²) in [6.07, 6.45) is 4.03. The molecule has 1 atom stereocenters. The lowest BCUT2D eigenvalue weighted by atomic mass is 9.98. The van der Waals surface area contributed by atoms with Gasteiger partial charge in [-0.1, -0.05) is 18.2 Å². The van der Waals surface area contributed by atoms with Crippen molar-refractivity contribution >= 4 is 28.3 Å². The van der Waals surface area contributed by atoms with Gasteiger partial charge in [0.2, 0.25) is 0 Å². The van der Waals surface area contributed by atoms with Crippen molar-refractivity contribution in [2.45, 2.75) is 31.3 Å². The molecule has 1 saturated carbocycles. The van der Waals surface area contributed by atoms with Crippen LogP contribution in [0.2, 0.25) is 0 Å². The van der Waals surface area contributed by atoms with Crippen molar-refractivity contribution in [3.05, 3.63) is 71.4 Å².